The summed E-state index contributed by atoms with van der Waals surface area (Å²) in [6.45, 7) is 0.370. The van der Waals surface area contributed by atoms with E-state index in [4.69, 9.17) is 5.11 Å². The van der Waals surface area contributed by atoms with Gasteiger partial charge in [0.25, 0.3) is 5.91 Å². The van der Waals surface area contributed by atoms with E-state index in [1.54, 1.807) is 0 Å². The quantitative estimate of drug-likeness (QED) is 0.853. The molecule has 1 amide bonds. The van der Waals surface area contributed by atoms with E-state index in [1.807, 2.05) is 0 Å². The molecule has 92 valence electrons. The second-order valence-corrected chi connectivity index (χ2v) is 4.10. The standard InChI is InChI=1S/C12H13F2NO2/c13-8-3-4-10(11(14)6-8)12(17)15-5-1-2-9(15)7-16/h3-4,6,9,16H,1-2,5,7H2/t9-/m1/s1. The third-order valence-electron chi connectivity index (χ3n) is 3.01. The molecule has 1 atom stereocenters. The fourth-order valence-corrected chi connectivity index (χ4v) is 2.11. The Morgan fingerprint density at radius 3 is 2.88 bits per heavy atom. The molecule has 0 aliphatic carbocycles. The van der Waals surface area contributed by atoms with Crippen LogP contribution in [0.5, 0.6) is 0 Å². The minimum atomic E-state index is -0.862. The van der Waals surface area contributed by atoms with Crippen molar-refractivity contribution in [3.63, 3.8) is 0 Å². The van der Waals surface area contributed by atoms with E-state index >= 15 is 0 Å². The molecule has 1 aliphatic heterocycles. The van der Waals surface area contributed by atoms with Crippen molar-refractivity contribution in [2.75, 3.05) is 13.2 Å². The highest BCUT2D eigenvalue weighted by Gasteiger charge is 2.30. The molecule has 1 N–H and O–H groups in total. The van der Waals surface area contributed by atoms with E-state index in [0.717, 1.165) is 18.6 Å². The number of hydrogen-bond acceptors (Lipinski definition) is 2. The molecule has 5 heteroatoms. The van der Waals surface area contributed by atoms with Gasteiger partial charge < -0.3 is 10.0 Å². The number of likely N-dealkylation sites (tertiary alicyclic amines) is 1. The van der Waals surface area contributed by atoms with Crippen LogP contribution in [0, 0.1) is 11.6 Å². The largest absolute Gasteiger partial charge is 0.394 e. The number of hydrogen-bond donors (Lipinski definition) is 1. The number of carbonyl (C=O) groups is 1. The van der Waals surface area contributed by atoms with Gasteiger partial charge in [-0.1, -0.05) is 0 Å². The van der Waals surface area contributed by atoms with Crippen LogP contribution in [0.1, 0.15) is 23.2 Å². The van der Waals surface area contributed by atoms with Gasteiger partial charge in [0.15, 0.2) is 0 Å². The SMILES string of the molecule is O=C(c1ccc(F)cc1F)N1CCC[C@@H]1CO. The summed E-state index contributed by atoms with van der Waals surface area (Å²) >= 11 is 0. The monoisotopic (exact) mass is 241 g/mol. The summed E-state index contributed by atoms with van der Waals surface area (Å²) in [5.74, 6) is -2.06. The van der Waals surface area contributed by atoms with Crippen molar-refractivity contribution in [3.05, 3.63) is 35.4 Å². The average Bonchev–Trinajstić information content (AvgIpc) is 2.76. The van der Waals surface area contributed by atoms with Gasteiger partial charge in [-0.15, -0.1) is 0 Å². The molecule has 1 saturated heterocycles. The zero-order valence-corrected chi connectivity index (χ0v) is 9.20. The van der Waals surface area contributed by atoms with Crippen molar-refractivity contribution < 1.29 is 18.7 Å². The van der Waals surface area contributed by atoms with Crippen LogP contribution in [0.15, 0.2) is 18.2 Å². The number of rotatable bonds is 2. The van der Waals surface area contributed by atoms with Crippen LogP contribution in [0.25, 0.3) is 0 Å². The Kier molecular flexibility index (Phi) is 3.38. The highest BCUT2D eigenvalue weighted by molar-refractivity contribution is 5.94. The highest BCUT2D eigenvalue weighted by Crippen LogP contribution is 2.21. The normalized spacial score (nSPS) is 19.7. The second-order valence-electron chi connectivity index (χ2n) is 4.10. The van der Waals surface area contributed by atoms with Crippen LogP contribution in [-0.4, -0.2) is 35.1 Å². The van der Waals surface area contributed by atoms with Crippen LogP contribution < -0.4 is 0 Å². The first-order valence-electron chi connectivity index (χ1n) is 5.50. The van der Waals surface area contributed by atoms with Gasteiger partial charge in [0, 0.05) is 12.6 Å². The third-order valence-corrected chi connectivity index (χ3v) is 3.01. The lowest BCUT2D eigenvalue weighted by atomic mass is 10.1. The number of halogens is 2. The third kappa shape index (κ3) is 2.29. The van der Waals surface area contributed by atoms with E-state index in [0.29, 0.717) is 19.0 Å². The summed E-state index contributed by atoms with van der Waals surface area (Å²) in [6.07, 6.45) is 1.50. The van der Waals surface area contributed by atoms with Gasteiger partial charge in [-0.2, -0.15) is 0 Å². The maximum Gasteiger partial charge on any atom is 0.257 e. The Morgan fingerprint density at radius 2 is 2.24 bits per heavy atom. The van der Waals surface area contributed by atoms with E-state index in [1.165, 1.54) is 4.90 Å². The van der Waals surface area contributed by atoms with Crippen molar-refractivity contribution in [2.45, 2.75) is 18.9 Å². The van der Waals surface area contributed by atoms with Crippen molar-refractivity contribution >= 4 is 5.91 Å². The lowest BCUT2D eigenvalue weighted by Crippen LogP contribution is -2.38. The summed E-state index contributed by atoms with van der Waals surface area (Å²) in [6, 6.07) is 2.63. The first kappa shape index (κ1) is 12.0. The number of benzene rings is 1. The molecule has 0 aromatic heterocycles. The van der Waals surface area contributed by atoms with Gasteiger partial charge in [-0.3, -0.25) is 4.79 Å². The summed E-state index contributed by atoms with van der Waals surface area (Å²) < 4.78 is 26.2. The lowest BCUT2D eigenvalue weighted by molar-refractivity contribution is 0.0673. The first-order chi connectivity index (χ1) is 8.13. The van der Waals surface area contributed by atoms with Crippen molar-refractivity contribution in [3.8, 4) is 0 Å². The van der Waals surface area contributed by atoms with E-state index in [2.05, 4.69) is 0 Å². The molecule has 0 radical (unpaired) electrons. The molecule has 1 aliphatic rings. The number of amides is 1. The van der Waals surface area contributed by atoms with Gasteiger partial charge in [-0.25, -0.2) is 8.78 Å². The molecule has 2 rings (SSSR count). The highest BCUT2D eigenvalue weighted by atomic mass is 19.1. The van der Waals surface area contributed by atoms with Crippen molar-refractivity contribution in [1.82, 2.24) is 4.90 Å². The lowest BCUT2D eigenvalue weighted by Gasteiger charge is -2.23. The number of aliphatic hydroxyl groups excluding tert-OH is 1. The predicted octanol–water partition coefficient (Wildman–Crippen LogP) is 1.56. The molecule has 17 heavy (non-hydrogen) atoms. The molecule has 1 aromatic rings. The Balaban J connectivity index is 2.24. The fourth-order valence-electron chi connectivity index (χ4n) is 2.11. The van der Waals surface area contributed by atoms with Gasteiger partial charge >= 0.3 is 0 Å². The van der Waals surface area contributed by atoms with E-state index < -0.39 is 17.5 Å². The van der Waals surface area contributed by atoms with Crippen LogP contribution in [0.3, 0.4) is 0 Å². The maximum absolute atomic E-state index is 13.4. The first-order valence-corrected chi connectivity index (χ1v) is 5.50. The van der Waals surface area contributed by atoms with E-state index in [9.17, 15) is 13.6 Å². The summed E-state index contributed by atoms with van der Waals surface area (Å²) in [5, 5.41) is 9.10. The van der Waals surface area contributed by atoms with Gasteiger partial charge in [0.2, 0.25) is 0 Å². The molecule has 0 unspecified atom stereocenters. The molecule has 1 aromatic carbocycles. The molecule has 0 saturated carbocycles. The Labute approximate surface area is 97.7 Å². The second kappa shape index (κ2) is 4.79. The van der Waals surface area contributed by atoms with Gasteiger partial charge in [-0.05, 0) is 25.0 Å². The smallest absolute Gasteiger partial charge is 0.257 e. The molecule has 1 heterocycles. The van der Waals surface area contributed by atoms with Crippen LogP contribution in [0.2, 0.25) is 0 Å². The molecule has 1 fully saturated rings. The van der Waals surface area contributed by atoms with Crippen LogP contribution >= 0.6 is 0 Å². The predicted molar refractivity (Wildman–Crippen MR) is 57.5 cm³/mol. The van der Waals surface area contributed by atoms with E-state index in [-0.39, 0.29) is 18.2 Å². The fraction of sp³-hybridized carbons (Fsp3) is 0.417. The maximum atomic E-state index is 13.4. The van der Waals surface area contributed by atoms with Crippen LogP contribution in [-0.2, 0) is 0 Å². The van der Waals surface area contributed by atoms with Gasteiger partial charge in [0.05, 0.1) is 18.2 Å². The number of aliphatic hydroxyl groups is 1. The topological polar surface area (TPSA) is 40.5 Å². The summed E-state index contributed by atoms with van der Waals surface area (Å²) in [7, 11) is 0. The number of nitrogens with zero attached hydrogens (tertiary/aromatic N) is 1. The Bertz CT molecular complexity index is 437. The molecule has 0 spiro atoms. The molecule has 0 bridgehead atoms. The zero-order valence-electron chi connectivity index (χ0n) is 9.20. The Hall–Kier alpha value is -1.49. The minimum Gasteiger partial charge on any atom is -0.394 e. The summed E-state index contributed by atoms with van der Waals surface area (Å²) in [4.78, 5) is 13.4. The van der Waals surface area contributed by atoms with Crippen molar-refractivity contribution in [1.29, 1.82) is 0 Å². The zero-order chi connectivity index (χ0) is 12.4. The minimum absolute atomic E-state index is 0.130. The number of carbonyl (C=O) groups excluding carboxylic acids is 1. The average molecular weight is 241 g/mol. The molecular weight excluding hydrogens is 228 g/mol. The molecule has 3 nitrogen and oxygen atoms in total. The Morgan fingerprint density at radius 1 is 1.47 bits per heavy atom. The van der Waals surface area contributed by atoms with Crippen LogP contribution in [0.4, 0.5) is 8.78 Å². The summed E-state index contributed by atoms with van der Waals surface area (Å²) in [5.41, 5.74) is -0.147. The van der Waals surface area contributed by atoms with Crippen molar-refractivity contribution in [2.24, 2.45) is 0 Å². The van der Waals surface area contributed by atoms with Gasteiger partial charge in [0.1, 0.15) is 11.6 Å². The molecular formula is C12H13F2NO2.